The Morgan fingerprint density at radius 3 is 2.54 bits per heavy atom. The van der Waals surface area contributed by atoms with E-state index in [1.807, 2.05) is 36.4 Å². The molecule has 4 atom stereocenters. The van der Waals surface area contributed by atoms with Crippen LogP contribution in [0.1, 0.15) is 29.9 Å². The number of rotatable bonds is 4. The van der Waals surface area contributed by atoms with Gasteiger partial charge in [0.05, 0.1) is 35.0 Å². The number of hydrogen-bond acceptors (Lipinski definition) is 6. The molecule has 2 aromatic carbocycles. The van der Waals surface area contributed by atoms with Crippen LogP contribution in [0.25, 0.3) is 0 Å². The van der Waals surface area contributed by atoms with Crippen LogP contribution >= 0.6 is 27.5 Å². The van der Waals surface area contributed by atoms with Gasteiger partial charge in [0, 0.05) is 23.1 Å². The molecule has 2 amide bonds. The van der Waals surface area contributed by atoms with Crippen LogP contribution in [-0.2, 0) is 25.7 Å². The zero-order valence-corrected chi connectivity index (χ0v) is 23.2. The Balaban J connectivity index is 1.47. The quantitative estimate of drug-likeness (QED) is 0.297. The smallest absolute Gasteiger partial charge is 0.234 e. The fourth-order valence-corrected chi connectivity index (χ4v) is 7.16. The van der Waals surface area contributed by atoms with Crippen LogP contribution in [0, 0.1) is 17.8 Å². The number of phenolic OH excluding ortho intramolecular Hbond substituents is 1. The first-order valence-electron chi connectivity index (χ1n) is 12.6. The summed E-state index contributed by atoms with van der Waals surface area (Å²) in [5.41, 5.74) is 2.86. The minimum Gasteiger partial charge on any atom is -0.503 e. The Morgan fingerprint density at radius 2 is 1.82 bits per heavy atom. The summed E-state index contributed by atoms with van der Waals surface area (Å²) < 4.78 is 5.48. The zero-order valence-electron chi connectivity index (χ0n) is 20.8. The zero-order chi connectivity index (χ0) is 27.6. The number of fused-ring (bicyclic) bond motifs is 3. The number of phenols is 1. The number of ether oxygens (including phenoxy) is 1. The van der Waals surface area contributed by atoms with E-state index in [0.717, 1.165) is 11.1 Å². The van der Waals surface area contributed by atoms with Crippen molar-refractivity contribution in [1.82, 2.24) is 4.90 Å². The molecule has 1 aliphatic heterocycles. The highest BCUT2D eigenvalue weighted by molar-refractivity contribution is 9.12. The van der Waals surface area contributed by atoms with E-state index in [9.17, 15) is 24.3 Å². The lowest BCUT2D eigenvalue weighted by Crippen LogP contribution is -2.39. The van der Waals surface area contributed by atoms with Gasteiger partial charge in [-0.05, 0) is 57.9 Å². The largest absolute Gasteiger partial charge is 0.503 e. The van der Waals surface area contributed by atoms with Crippen LogP contribution in [-0.4, -0.2) is 40.5 Å². The first-order chi connectivity index (χ1) is 18.7. The Kier molecular flexibility index (Phi) is 6.35. The van der Waals surface area contributed by atoms with Gasteiger partial charge in [0.25, 0.3) is 0 Å². The summed E-state index contributed by atoms with van der Waals surface area (Å²) in [5.74, 6) is -3.56. The van der Waals surface area contributed by atoms with Gasteiger partial charge in [0.1, 0.15) is 0 Å². The van der Waals surface area contributed by atoms with Crippen molar-refractivity contribution in [3.8, 4) is 11.5 Å². The van der Waals surface area contributed by atoms with Gasteiger partial charge in [0.2, 0.25) is 11.8 Å². The molecular weight excluding hydrogens is 586 g/mol. The lowest BCUT2D eigenvalue weighted by Gasteiger charge is -2.42. The van der Waals surface area contributed by atoms with Crippen molar-refractivity contribution < 1.29 is 29.0 Å². The SMILES string of the molecule is COc1cc([C@H]2C3=CC[C@@H]4C(=O)N(Cc5ccccc5)C(=O)[C@@H]4[C@@H]3CC3=C2C(=O)C=C(Br)C3=O)cc(Cl)c1O. The highest BCUT2D eigenvalue weighted by atomic mass is 79.9. The number of carbonyl (C=O) groups is 4. The van der Waals surface area contributed by atoms with Gasteiger partial charge in [-0.15, -0.1) is 0 Å². The molecule has 0 spiro atoms. The number of amides is 2. The van der Waals surface area contributed by atoms with Crippen molar-refractivity contribution in [3.05, 3.63) is 92.0 Å². The van der Waals surface area contributed by atoms with E-state index in [0.29, 0.717) is 23.1 Å². The van der Waals surface area contributed by atoms with E-state index in [1.165, 1.54) is 18.1 Å². The second-order valence-corrected chi connectivity index (χ2v) is 11.5. The van der Waals surface area contributed by atoms with E-state index in [2.05, 4.69) is 15.9 Å². The number of aromatic hydroxyl groups is 1. The van der Waals surface area contributed by atoms with E-state index in [-0.39, 0.29) is 57.4 Å². The van der Waals surface area contributed by atoms with Crippen molar-refractivity contribution >= 4 is 50.9 Å². The minimum absolute atomic E-state index is 0.0374. The first-order valence-corrected chi connectivity index (χ1v) is 13.7. The second kappa shape index (κ2) is 9.61. The Labute approximate surface area is 237 Å². The highest BCUT2D eigenvalue weighted by Crippen LogP contribution is 2.56. The first kappa shape index (κ1) is 25.8. The Morgan fingerprint density at radius 1 is 1.08 bits per heavy atom. The van der Waals surface area contributed by atoms with Crippen LogP contribution < -0.4 is 4.74 Å². The molecule has 1 heterocycles. The van der Waals surface area contributed by atoms with Crippen molar-refractivity contribution in [2.75, 3.05) is 7.11 Å². The second-order valence-electron chi connectivity index (χ2n) is 10.2. The maximum absolute atomic E-state index is 13.8. The summed E-state index contributed by atoms with van der Waals surface area (Å²) in [6.45, 7) is 0.182. The summed E-state index contributed by atoms with van der Waals surface area (Å²) in [6.07, 6.45) is 3.73. The third-order valence-electron chi connectivity index (χ3n) is 8.21. The average molecular weight is 609 g/mol. The molecule has 4 aliphatic rings. The molecule has 3 aliphatic carbocycles. The fraction of sp³-hybridized carbons (Fsp3) is 0.267. The maximum atomic E-state index is 13.8. The Bertz CT molecular complexity index is 1560. The summed E-state index contributed by atoms with van der Waals surface area (Å²) in [7, 11) is 1.40. The number of hydrogen-bond donors (Lipinski definition) is 1. The Hall–Kier alpha value is -3.49. The fourth-order valence-electron chi connectivity index (χ4n) is 6.49. The van der Waals surface area contributed by atoms with Gasteiger partial charge in [-0.25, -0.2) is 0 Å². The van der Waals surface area contributed by atoms with Crippen LogP contribution in [0.4, 0.5) is 0 Å². The molecular formula is C30H23BrClNO6. The van der Waals surface area contributed by atoms with Crippen molar-refractivity contribution in [3.63, 3.8) is 0 Å². The number of Topliss-reactive ketones (excluding diaryl/α,β-unsaturated/α-hetero) is 1. The minimum atomic E-state index is -0.689. The predicted molar refractivity (Wildman–Crippen MR) is 146 cm³/mol. The van der Waals surface area contributed by atoms with Gasteiger partial charge in [-0.2, -0.15) is 0 Å². The lowest BCUT2D eigenvalue weighted by atomic mass is 9.59. The average Bonchev–Trinajstić information content (AvgIpc) is 3.17. The number of imide groups is 1. The van der Waals surface area contributed by atoms with Gasteiger partial charge in [-0.1, -0.05) is 53.6 Å². The molecule has 198 valence electrons. The number of benzene rings is 2. The van der Waals surface area contributed by atoms with Crippen LogP contribution in [0.3, 0.4) is 0 Å². The number of ketones is 2. The molecule has 0 aromatic heterocycles. The summed E-state index contributed by atoms with van der Waals surface area (Å²) in [4.78, 5) is 55.3. The summed E-state index contributed by atoms with van der Waals surface area (Å²) in [5, 5.41) is 10.4. The topological polar surface area (TPSA) is 101 Å². The molecule has 6 rings (SSSR count). The van der Waals surface area contributed by atoms with Gasteiger partial charge < -0.3 is 9.84 Å². The predicted octanol–water partition coefficient (Wildman–Crippen LogP) is 5.02. The third-order valence-corrected chi connectivity index (χ3v) is 9.09. The molecule has 0 bridgehead atoms. The van der Waals surface area contributed by atoms with E-state index in [1.54, 1.807) is 12.1 Å². The molecule has 0 unspecified atom stereocenters. The molecule has 1 saturated heterocycles. The summed E-state index contributed by atoms with van der Waals surface area (Å²) >= 11 is 9.57. The number of likely N-dealkylation sites (tertiary alicyclic amines) is 1. The van der Waals surface area contributed by atoms with Gasteiger partial charge in [-0.3, -0.25) is 24.1 Å². The normalized spacial score (nSPS) is 26.2. The van der Waals surface area contributed by atoms with Crippen molar-refractivity contribution in [2.45, 2.75) is 25.3 Å². The standard InChI is InChI=1S/C30H23BrClNO6/c1-39-23-10-15(9-21(32)28(23)36)24-16-7-8-17-25(18(16)11-19-26(24)22(34)12-20(31)27(19)35)30(38)33(29(17)37)13-14-5-3-2-4-6-14/h2-7,9-10,12,17-18,24-25,36H,8,11,13H2,1H3/t17-,18+,24-,25-/m0/s1. The van der Waals surface area contributed by atoms with Crippen LogP contribution in [0.15, 0.2) is 75.8 Å². The summed E-state index contributed by atoms with van der Waals surface area (Å²) in [6, 6.07) is 12.5. The monoisotopic (exact) mass is 607 g/mol. The van der Waals surface area contributed by atoms with E-state index in [4.69, 9.17) is 16.3 Å². The number of methoxy groups -OCH3 is 1. The number of allylic oxidation sites excluding steroid dienone is 6. The number of nitrogens with zero attached hydrogens (tertiary/aromatic N) is 1. The molecule has 39 heavy (non-hydrogen) atoms. The van der Waals surface area contributed by atoms with Gasteiger partial charge in [0.15, 0.2) is 23.1 Å². The van der Waals surface area contributed by atoms with Crippen LogP contribution in [0.5, 0.6) is 11.5 Å². The van der Waals surface area contributed by atoms with Crippen molar-refractivity contribution in [1.29, 1.82) is 0 Å². The molecule has 0 saturated carbocycles. The van der Waals surface area contributed by atoms with Crippen molar-refractivity contribution in [2.24, 2.45) is 17.8 Å². The molecule has 0 radical (unpaired) electrons. The molecule has 1 fully saturated rings. The number of halogens is 2. The van der Waals surface area contributed by atoms with Crippen LogP contribution in [0.2, 0.25) is 5.02 Å². The third kappa shape index (κ3) is 4.00. The maximum Gasteiger partial charge on any atom is 0.234 e. The van der Waals surface area contributed by atoms with E-state index >= 15 is 0 Å². The molecule has 9 heteroatoms. The highest BCUT2D eigenvalue weighted by Gasteiger charge is 2.56. The molecule has 2 aromatic rings. The number of carbonyl (C=O) groups excluding carboxylic acids is 4. The molecule has 7 nitrogen and oxygen atoms in total. The lowest BCUT2D eigenvalue weighted by molar-refractivity contribution is -0.140. The van der Waals surface area contributed by atoms with E-state index < -0.39 is 23.7 Å². The van der Waals surface area contributed by atoms with Gasteiger partial charge >= 0.3 is 0 Å². The molecule has 1 N–H and O–H groups in total.